The molecule has 4 saturated carbocycles. The molecule has 0 aromatic heterocycles. The number of carbonyl (C=O) groups is 3. The van der Waals surface area contributed by atoms with Crippen LogP contribution in [0, 0.1) is 50.2 Å². The number of ether oxygens (including phenoxy) is 14. The Hall–Kier alpha value is -2.97. The number of hydrogen-bond donors (Lipinski definition) is 21. The lowest BCUT2D eigenvalue weighted by atomic mass is 9.33. The monoisotopic (exact) mass is 1570 g/mol. The summed E-state index contributed by atoms with van der Waals surface area (Å²) < 4.78 is 85.1. The van der Waals surface area contributed by atoms with Crippen LogP contribution in [0.3, 0.4) is 0 Å². The molecule has 5 aliphatic carbocycles. The van der Waals surface area contributed by atoms with E-state index in [0.29, 0.717) is 38.5 Å². The summed E-state index contributed by atoms with van der Waals surface area (Å²) in [5, 5.41) is 232. The molecule has 12 aliphatic rings. The van der Waals surface area contributed by atoms with E-state index in [0.717, 1.165) is 11.9 Å². The molecule has 44 atom stereocenters. The van der Waals surface area contributed by atoms with E-state index in [2.05, 4.69) is 26.8 Å². The molecule has 11 fully saturated rings. The van der Waals surface area contributed by atoms with Gasteiger partial charge in [-0.05, 0) is 111 Å². The molecular formula is C71H112O38. The zero-order chi connectivity index (χ0) is 79.8. The Morgan fingerprint density at radius 3 is 1.49 bits per heavy atom. The highest BCUT2D eigenvalue weighted by Crippen LogP contribution is 2.76. The highest BCUT2D eigenvalue weighted by molar-refractivity contribution is 5.80. The van der Waals surface area contributed by atoms with Crippen LogP contribution in [0.25, 0.3) is 0 Å². The van der Waals surface area contributed by atoms with Crippen LogP contribution in [0.5, 0.6) is 0 Å². The van der Waals surface area contributed by atoms with Crippen molar-refractivity contribution in [3.8, 4) is 0 Å². The number of carbonyl (C=O) groups excluding carboxylic acids is 2. The van der Waals surface area contributed by atoms with Crippen LogP contribution in [0.2, 0.25) is 0 Å². The van der Waals surface area contributed by atoms with E-state index in [-0.39, 0.29) is 25.2 Å². The van der Waals surface area contributed by atoms with Gasteiger partial charge in [-0.15, -0.1) is 0 Å². The summed E-state index contributed by atoms with van der Waals surface area (Å²) in [7, 11) is 0. The van der Waals surface area contributed by atoms with E-state index in [1.807, 2.05) is 13.8 Å². The molecule has 0 amide bonds. The standard InChI is InChI=1S/C71H112O38/c1-24-36(78)51(103-59-46(88)42(84)39(81)29(19-72)99-59)50(92)62(97-24)108-55-52(105-60-47(89)43(85)40(82)30(20-73)100-60)37(79)25(2)98-63(55)109-65(95)71-16-15-66(3,4)17-27(71)26-9-10-33-67(5)13-12-35(68(6,23-75)32(67)11-14-69(33,7)70(26,8)18-34(71)77)102-64-56(107-61-48(90)44(86)41(83)31(21-74)101-61)53(49(91)54(106-64)57(93)94)104-58-45(87)38(80)28(76)22-96-58/h9,23-25,27-56,58-64,72-74,76-92H,10-22H2,1-8H3,(H,93,94)/t24-,25+,27-,28+,29+,30+,31+,32+,33+,34+,35-,36-,37-,38-,39+,40+,41-,42-,43-,44-,45+,46+,47+,48+,49-,50+,51+,52-,53-,54-,55+,56+,58-,59-,60-,61-,62-,63-,64+,67-,68-,69+,70+,71+/m0/s1. The maximum Gasteiger partial charge on any atom is 0.335 e. The molecule has 0 radical (unpaired) electrons. The predicted octanol–water partition coefficient (Wildman–Crippen LogP) is -7.63. The second kappa shape index (κ2) is 32.1. The summed E-state index contributed by atoms with van der Waals surface area (Å²) >= 11 is 0. The molecule has 7 saturated heterocycles. The van der Waals surface area contributed by atoms with Crippen molar-refractivity contribution in [3.63, 3.8) is 0 Å². The normalized spacial score (nSPS) is 54.9. The number of hydrogen-bond acceptors (Lipinski definition) is 37. The van der Waals surface area contributed by atoms with Crippen LogP contribution in [-0.2, 0) is 80.7 Å². The number of aliphatic carboxylic acids is 1. The lowest BCUT2D eigenvalue weighted by Gasteiger charge is -2.71. The molecule has 624 valence electrons. The van der Waals surface area contributed by atoms with Gasteiger partial charge in [0.25, 0.3) is 0 Å². The Morgan fingerprint density at radius 2 is 0.954 bits per heavy atom. The van der Waals surface area contributed by atoms with Crippen LogP contribution >= 0.6 is 0 Å². The molecule has 21 N–H and O–H groups in total. The first kappa shape index (κ1) is 85.4. The predicted molar refractivity (Wildman–Crippen MR) is 354 cm³/mol. The van der Waals surface area contributed by atoms with Crippen molar-refractivity contribution in [3.05, 3.63) is 11.6 Å². The maximum absolute atomic E-state index is 16.2. The molecule has 109 heavy (non-hydrogen) atoms. The molecule has 0 unspecified atom stereocenters. The Kier molecular flexibility index (Phi) is 25.2. The first-order chi connectivity index (χ1) is 51.1. The van der Waals surface area contributed by atoms with E-state index in [4.69, 9.17) is 66.3 Å². The van der Waals surface area contributed by atoms with Gasteiger partial charge in [0.05, 0.1) is 56.3 Å². The number of aliphatic hydroxyl groups excluding tert-OH is 20. The third kappa shape index (κ3) is 14.6. The molecule has 0 spiro atoms. The maximum atomic E-state index is 16.2. The topological polar surface area (TPSA) is 605 Å². The fraction of sp³-hybridized carbons (Fsp3) is 0.930. The zero-order valence-corrected chi connectivity index (χ0v) is 61.7. The van der Waals surface area contributed by atoms with E-state index in [9.17, 15) is 117 Å². The molecule has 7 heterocycles. The molecular weight excluding hydrogens is 1460 g/mol. The zero-order valence-electron chi connectivity index (χ0n) is 61.7. The second-order valence-electron chi connectivity index (χ2n) is 34.0. The average Bonchev–Trinajstić information content (AvgIpc) is 0.669. The Labute approximate surface area is 626 Å². The SMILES string of the molecule is C[C@@H]1O[C@@H](O[C@H]2[C@H](OC(=O)[C@]34CCC(C)(C)C[C@H]3C3=CC[C@@H]5[C@@]6(C)CC[C@H](O[C@@H]7O[C@H](C(=O)O)[C@@H](O)[C@H](O[C@@H]8OC[C@@H](O)[C@H](O)[C@H]8O)[C@H]7O[C@@H]7O[C@H](CO)[C@H](O)[C@H](O)[C@H]7O)[C@@](C)(C=O)[C@@H]6CC[C@@]5(C)[C@]3(C)C[C@H]4O)O[C@H](C)[C@H](O)[C@@H]2O[C@@H]2O[C@H](CO)[C@@H](O)[C@H](O)[C@H]2O)[C@H](O)[C@H](O[C@@H]2O[C@H](CO)[C@@H](O)[C@H](O)[C@H]2O)[C@H]1O. The largest absolute Gasteiger partial charge is 0.479 e. The smallest absolute Gasteiger partial charge is 0.335 e. The number of esters is 1. The van der Waals surface area contributed by atoms with Crippen molar-refractivity contribution in [1.82, 2.24) is 0 Å². The number of carboxylic acid groups (broad SMARTS) is 1. The molecule has 0 bridgehead atoms. The van der Waals surface area contributed by atoms with E-state index < -0.39 is 304 Å². The van der Waals surface area contributed by atoms with Crippen molar-refractivity contribution in [2.75, 3.05) is 26.4 Å². The number of allylic oxidation sites excluding steroid dienone is 2. The van der Waals surface area contributed by atoms with E-state index >= 15 is 4.79 Å². The Bertz CT molecular complexity index is 3190. The van der Waals surface area contributed by atoms with Crippen molar-refractivity contribution in [2.24, 2.45) is 50.2 Å². The van der Waals surface area contributed by atoms with Gasteiger partial charge >= 0.3 is 11.9 Å². The second-order valence-corrected chi connectivity index (χ2v) is 34.0. The van der Waals surface area contributed by atoms with Crippen molar-refractivity contribution < 1.29 is 188 Å². The Morgan fingerprint density at radius 1 is 0.477 bits per heavy atom. The van der Waals surface area contributed by atoms with Crippen molar-refractivity contribution in [1.29, 1.82) is 0 Å². The van der Waals surface area contributed by atoms with Gasteiger partial charge in [-0.25, -0.2) is 4.79 Å². The van der Waals surface area contributed by atoms with Gasteiger partial charge in [-0.3, -0.25) is 4.79 Å². The van der Waals surface area contributed by atoms with Crippen molar-refractivity contribution in [2.45, 2.75) is 334 Å². The van der Waals surface area contributed by atoms with E-state index in [1.54, 1.807) is 6.92 Å². The van der Waals surface area contributed by atoms with Crippen LogP contribution in [0.4, 0.5) is 0 Å². The van der Waals surface area contributed by atoms with Gasteiger partial charge < -0.3 is 178 Å². The fourth-order valence-electron chi connectivity index (χ4n) is 20.5. The summed E-state index contributed by atoms with van der Waals surface area (Å²) in [5.74, 6) is -4.35. The number of aldehydes is 1. The highest BCUT2D eigenvalue weighted by atomic mass is 16.8. The lowest BCUT2D eigenvalue weighted by Crippen LogP contribution is -2.69. The quantitative estimate of drug-likeness (QED) is 0.0247. The molecule has 38 nitrogen and oxygen atoms in total. The number of aliphatic hydroxyl groups is 20. The summed E-state index contributed by atoms with van der Waals surface area (Å²) in [6.07, 6.45) is -62.1. The van der Waals surface area contributed by atoms with E-state index in [1.165, 1.54) is 13.8 Å². The third-order valence-electron chi connectivity index (χ3n) is 27.3. The first-order valence-corrected chi connectivity index (χ1v) is 37.6. The molecule has 0 aromatic rings. The fourth-order valence-corrected chi connectivity index (χ4v) is 20.5. The number of fused-ring (bicyclic) bond motifs is 7. The summed E-state index contributed by atoms with van der Waals surface area (Å²) in [6.45, 7) is 11.4. The molecule has 7 aliphatic heterocycles. The summed E-state index contributed by atoms with van der Waals surface area (Å²) in [5.41, 5.74) is -5.31. The van der Waals surface area contributed by atoms with Crippen LogP contribution < -0.4 is 0 Å². The third-order valence-corrected chi connectivity index (χ3v) is 27.3. The van der Waals surface area contributed by atoms with Gasteiger partial charge in [0.1, 0.15) is 152 Å². The number of rotatable bonds is 19. The van der Waals surface area contributed by atoms with Gasteiger partial charge in [0, 0.05) is 0 Å². The van der Waals surface area contributed by atoms with Gasteiger partial charge in [-0.2, -0.15) is 0 Å². The summed E-state index contributed by atoms with van der Waals surface area (Å²) in [6, 6.07) is 0. The lowest BCUT2D eigenvalue weighted by molar-refractivity contribution is -0.394. The average molecular weight is 1570 g/mol. The van der Waals surface area contributed by atoms with Crippen LogP contribution in [0.15, 0.2) is 11.6 Å². The molecule has 38 heteroatoms. The minimum Gasteiger partial charge on any atom is -0.479 e. The molecule has 12 rings (SSSR count). The minimum atomic E-state index is -2.24. The Balaban J connectivity index is 0.846. The highest BCUT2D eigenvalue weighted by Gasteiger charge is 2.73. The van der Waals surface area contributed by atoms with Gasteiger partial charge in [-0.1, -0.05) is 53.2 Å². The van der Waals surface area contributed by atoms with Gasteiger partial charge in [0.2, 0.25) is 6.29 Å². The van der Waals surface area contributed by atoms with Crippen LogP contribution in [0.1, 0.15) is 113 Å². The number of carboxylic acids is 1. The van der Waals surface area contributed by atoms with Crippen LogP contribution in [-0.4, -0.2) is 373 Å². The van der Waals surface area contributed by atoms with Gasteiger partial charge in [0.15, 0.2) is 49.9 Å². The molecule has 0 aromatic carbocycles. The minimum absolute atomic E-state index is 0.0337. The first-order valence-electron chi connectivity index (χ1n) is 37.6. The summed E-state index contributed by atoms with van der Waals surface area (Å²) in [4.78, 5) is 43.5. The van der Waals surface area contributed by atoms with Crippen molar-refractivity contribution >= 4 is 18.2 Å².